The van der Waals surface area contributed by atoms with Crippen LogP contribution in [0.25, 0.3) is 44.0 Å². The largest absolute Gasteiger partial charge is 0.469 e. The van der Waals surface area contributed by atoms with Gasteiger partial charge in [-0.25, -0.2) is 4.98 Å². The highest BCUT2D eigenvalue weighted by atomic mass is 32.1. The van der Waals surface area contributed by atoms with Gasteiger partial charge in [0.15, 0.2) is 18.2 Å². The molecule has 0 N–H and O–H groups in total. The Morgan fingerprint density at radius 1 is 0.735 bits per heavy atom. The second-order valence-electron chi connectivity index (χ2n) is 7.75. The first-order valence-electron chi connectivity index (χ1n) is 10.9. The van der Waals surface area contributed by atoms with Gasteiger partial charge in [-0.1, -0.05) is 96.2 Å². The summed E-state index contributed by atoms with van der Waals surface area (Å²) in [6, 6.07) is 32.0. The fourth-order valence-electron chi connectivity index (χ4n) is 3.83. The van der Waals surface area contributed by atoms with Crippen LogP contribution in [-0.2, 0) is 6.61 Å². The van der Waals surface area contributed by atoms with E-state index in [0.29, 0.717) is 17.5 Å². The summed E-state index contributed by atoms with van der Waals surface area (Å²) in [5.41, 5.74) is 4.86. The molecule has 3 aromatic carbocycles. The molecule has 0 radical (unpaired) electrons. The summed E-state index contributed by atoms with van der Waals surface area (Å²) in [6.45, 7) is 0.213. The van der Waals surface area contributed by atoms with E-state index in [1.807, 2.05) is 84.9 Å². The van der Waals surface area contributed by atoms with E-state index in [0.717, 1.165) is 38.2 Å². The number of rotatable bonds is 6. The van der Waals surface area contributed by atoms with Gasteiger partial charge in [0.05, 0.1) is 5.39 Å². The molecule has 0 unspecified atom stereocenters. The van der Waals surface area contributed by atoms with Gasteiger partial charge in [-0.2, -0.15) is 4.98 Å². The van der Waals surface area contributed by atoms with Gasteiger partial charge in [0.2, 0.25) is 5.88 Å². The van der Waals surface area contributed by atoms with Crippen LogP contribution in [0.4, 0.5) is 0 Å². The molecule has 0 saturated carbocycles. The van der Waals surface area contributed by atoms with Crippen molar-refractivity contribution in [3.8, 4) is 39.7 Å². The van der Waals surface area contributed by atoms with E-state index in [2.05, 4.69) is 22.7 Å². The van der Waals surface area contributed by atoms with E-state index in [-0.39, 0.29) is 6.61 Å². The van der Waals surface area contributed by atoms with Crippen molar-refractivity contribution in [2.45, 2.75) is 6.61 Å². The molecule has 0 spiro atoms. The summed E-state index contributed by atoms with van der Waals surface area (Å²) >= 11 is 1.59. The Morgan fingerprint density at radius 2 is 1.38 bits per heavy atom. The first-order valence-corrected chi connectivity index (χ1v) is 11.8. The Bertz CT molecular complexity index is 1540. The lowest BCUT2D eigenvalue weighted by molar-refractivity contribution is 0.244. The van der Waals surface area contributed by atoms with Gasteiger partial charge >= 0.3 is 0 Å². The van der Waals surface area contributed by atoms with Gasteiger partial charge in [0.25, 0.3) is 0 Å². The second-order valence-corrected chi connectivity index (χ2v) is 8.61. The number of benzene rings is 3. The first kappa shape index (κ1) is 20.3. The average Bonchev–Trinajstić information content (AvgIpc) is 3.56. The Morgan fingerprint density at radius 3 is 2.09 bits per heavy atom. The SMILES string of the molecule is c1ccc(-c2cc(COc3nc(-c4ccccc4)nc4scc(-c5ccccc5)c34)on2)cc1. The van der Waals surface area contributed by atoms with Gasteiger partial charge < -0.3 is 9.26 Å². The molecule has 0 bridgehead atoms. The van der Waals surface area contributed by atoms with Gasteiger partial charge in [0.1, 0.15) is 10.5 Å². The Balaban J connectivity index is 1.39. The summed E-state index contributed by atoms with van der Waals surface area (Å²) in [6.07, 6.45) is 0. The highest BCUT2D eigenvalue weighted by Gasteiger charge is 2.18. The van der Waals surface area contributed by atoms with E-state index in [1.165, 1.54) is 0 Å². The molecule has 6 heteroatoms. The quantitative estimate of drug-likeness (QED) is 0.261. The minimum Gasteiger partial charge on any atom is -0.469 e. The molecule has 0 fully saturated rings. The molecule has 164 valence electrons. The zero-order chi connectivity index (χ0) is 22.7. The van der Waals surface area contributed by atoms with Crippen molar-refractivity contribution in [3.05, 3.63) is 108 Å². The zero-order valence-corrected chi connectivity index (χ0v) is 18.9. The molecule has 0 aliphatic carbocycles. The predicted octanol–water partition coefficient (Wildman–Crippen LogP) is 7.26. The van der Waals surface area contributed by atoms with Gasteiger partial charge in [-0.05, 0) is 5.56 Å². The molecule has 0 aliphatic heterocycles. The highest BCUT2D eigenvalue weighted by Crippen LogP contribution is 2.39. The average molecular weight is 462 g/mol. The second kappa shape index (κ2) is 8.92. The minimum absolute atomic E-state index is 0.213. The number of hydrogen-bond acceptors (Lipinski definition) is 6. The van der Waals surface area contributed by atoms with Crippen LogP contribution in [0.3, 0.4) is 0 Å². The number of hydrogen-bond donors (Lipinski definition) is 0. The monoisotopic (exact) mass is 461 g/mol. The molecule has 6 aromatic rings. The van der Waals surface area contributed by atoms with Gasteiger partial charge in [0, 0.05) is 28.1 Å². The van der Waals surface area contributed by atoms with Crippen LogP contribution in [0, 0.1) is 0 Å². The van der Waals surface area contributed by atoms with Crippen LogP contribution >= 0.6 is 11.3 Å². The van der Waals surface area contributed by atoms with E-state index in [1.54, 1.807) is 11.3 Å². The summed E-state index contributed by atoms with van der Waals surface area (Å²) in [5.74, 6) is 1.79. The normalized spacial score (nSPS) is 11.1. The summed E-state index contributed by atoms with van der Waals surface area (Å²) in [5, 5.41) is 7.21. The number of ether oxygens (including phenoxy) is 1. The van der Waals surface area contributed by atoms with Crippen molar-refractivity contribution >= 4 is 21.6 Å². The Labute approximate surface area is 200 Å². The molecule has 34 heavy (non-hydrogen) atoms. The lowest BCUT2D eigenvalue weighted by atomic mass is 10.1. The lowest BCUT2D eigenvalue weighted by Gasteiger charge is -2.09. The Hall–Kier alpha value is -4.29. The minimum atomic E-state index is 0.213. The van der Waals surface area contributed by atoms with E-state index < -0.39 is 0 Å². The van der Waals surface area contributed by atoms with Crippen LogP contribution < -0.4 is 4.74 Å². The van der Waals surface area contributed by atoms with E-state index in [4.69, 9.17) is 19.2 Å². The van der Waals surface area contributed by atoms with Crippen molar-refractivity contribution in [3.63, 3.8) is 0 Å². The third-order valence-corrected chi connectivity index (χ3v) is 6.37. The van der Waals surface area contributed by atoms with Gasteiger partial charge in [-0.3, -0.25) is 0 Å². The molecular formula is C28H19N3O2S. The zero-order valence-electron chi connectivity index (χ0n) is 18.1. The molecule has 5 nitrogen and oxygen atoms in total. The summed E-state index contributed by atoms with van der Waals surface area (Å²) in [4.78, 5) is 10.5. The van der Waals surface area contributed by atoms with Gasteiger partial charge in [-0.15, -0.1) is 11.3 Å². The van der Waals surface area contributed by atoms with Crippen LogP contribution in [0.5, 0.6) is 5.88 Å². The fourth-order valence-corrected chi connectivity index (χ4v) is 4.76. The topological polar surface area (TPSA) is 61.0 Å². The lowest BCUT2D eigenvalue weighted by Crippen LogP contribution is -2.00. The number of nitrogens with zero attached hydrogens (tertiary/aromatic N) is 3. The molecule has 0 amide bonds. The number of thiophene rings is 1. The van der Waals surface area contributed by atoms with Crippen LogP contribution in [0.15, 0.2) is 107 Å². The van der Waals surface area contributed by atoms with Crippen molar-refractivity contribution in [1.29, 1.82) is 0 Å². The number of aromatic nitrogens is 3. The molecular weight excluding hydrogens is 442 g/mol. The maximum absolute atomic E-state index is 6.26. The maximum Gasteiger partial charge on any atom is 0.227 e. The van der Waals surface area contributed by atoms with Crippen LogP contribution in [-0.4, -0.2) is 15.1 Å². The third-order valence-electron chi connectivity index (χ3n) is 5.50. The smallest absolute Gasteiger partial charge is 0.227 e. The van der Waals surface area contributed by atoms with Crippen molar-refractivity contribution < 1.29 is 9.26 Å². The van der Waals surface area contributed by atoms with Crippen LogP contribution in [0.2, 0.25) is 0 Å². The fraction of sp³-hybridized carbons (Fsp3) is 0.0357. The molecule has 6 rings (SSSR count). The third kappa shape index (κ3) is 3.95. The molecule has 0 atom stereocenters. The number of fused-ring (bicyclic) bond motifs is 1. The predicted molar refractivity (Wildman–Crippen MR) is 135 cm³/mol. The van der Waals surface area contributed by atoms with E-state index >= 15 is 0 Å². The molecule has 3 heterocycles. The molecule has 0 aliphatic rings. The van der Waals surface area contributed by atoms with Crippen LogP contribution in [0.1, 0.15) is 5.76 Å². The standard InChI is InChI=1S/C28H19N3O2S/c1-4-10-19(11-5-1)23-18-34-28-25(23)27(29-26(30-28)21-14-8-3-9-15-21)32-17-22-16-24(31-33-22)20-12-6-2-7-13-20/h1-16,18H,17H2. The maximum atomic E-state index is 6.26. The first-order chi connectivity index (χ1) is 16.8. The molecule has 3 aromatic heterocycles. The molecule has 0 saturated heterocycles. The Kier molecular flexibility index (Phi) is 5.33. The van der Waals surface area contributed by atoms with Crippen molar-refractivity contribution in [1.82, 2.24) is 15.1 Å². The van der Waals surface area contributed by atoms with Crippen molar-refractivity contribution in [2.75, 3.05) is 0 Å². The summed E-state index contributed by atoms with van der Waals surface area (Å²) in [7, 11) is 0. The highest BCUT2D eigenvalue weighted by molar-refractivity contribution is 7.17. The van der Waals surface area contributed by atoms with E-state index in [9.17, 15) is 0 Å². The summed E-state index contributed by atoms with van der Waals surface area (Å²) < 4.78 is 11.8. The van der Waals surface area contributed by atoms with Crippen molar-refractivity contribution in [2.24, 2.45) is 0 Å².